The second-order valence-electron chi connectivity index (χ2n) is 4.04. The van der Waals surface area contributed by atoms with Crippen LogP contribution in [0.1, 0.15) is 15.9 Å². The summed E-state index contributed by atoms with van der Waals surface area (Å²) in [5.41, 5.74) is 2.70. The minimum Gasteiger partial charge on any atom is -0.465 e. The first-order valence-electron chi connectivity index (χ1n) is 5.74. The lowest BCUT2D eigenvalue weighted by Gasteiger charge is -2.30. The molecule has 0 amide bonds. The van der Waals surface area contributed by atoms with E-state index in [1.165, 1.54) is 7.11 Å². The van der Waals surface area contributed by atoms with Crippen LogP contribution in [0.15, 0.2) is 18.2 Å². The number of methoxy groups -OCH3 is 1. The highest BCUT2D eigenvalue weighted by Crippen LogP contribution is 2.24. The van der Waals surface area contributed by atoms with E-state index in [9.17, 15) is 4.79 Å². The zero-order valence-corrected chi connectivity index (χ0v) is 10.2. The van der Waals surface area contributed by atoms with Gasteiger partial charge in [0.15, 0.2) is 0 Å². The summed E-state index contributed by atoms with van der Waals surface area (Å²) in [6, 6.07) is 5.72. The van der Waals surface area contributed by atoms with Crippen molar-refractivity contribution >= 4 is 11.7 Å². The third-order valence-corrected chi connectivity index (χ3v) is 3.06. The van der Waals surface area contributed by atoms with Crippen LogP contribution in [0.5, 0.6) is 0 Å². The first-order valence-corrected chi connectivity index (χ1v) is 5.74. The van der Waals surface area contributed by atoms with Gasteiger partial charge >= 0.3 is 5.97 Å². The van der Waals surface area contributed by atoms with E-state index < -0.39 is 0 Å². The summed E-state index contributed by atoms with van der Waals surface area (Å²) in [6.07, 6.45) is 0. The topological polar surface area (TPSA) is 38.8 Å². The molecule has 0 bridgehead atoms. The Hall–Kier alpha value is -1.55. The fourth-order valence-corrected chi connectivity index (χ4v) is 2.10. The number of hydrogen-bond donors (Lipinski definition) is 0. The lowest BCUT2D eigenvalue weighted by atomic mass is 10.1. The predicted octanol–water partition coefficient (Wildman–Crippen LogP) is 1.62. The summed E-state index contributed by atoms with van der Waals surface area (Å²) in [4.78, 5) is 13.8. The number of rotatable bonds is 2. The number of morpholine rings is 1. The van der Waals surface area contributed by atoms with Crippen LogP contribution in [0.25, 0.3) is 0 Å². The quantitative estimate of drug-likeness (QED) is 0.730. The van der Waals surface area contributed by atoms with Crippen LogP contribution in [0.3, 0.4) is 0 Å². The second kappa shape index (κ2) is 5.19. The van der Waals surface area contributed by atoms with Crippen LogP contribution >= 0.6 is 0 Å². The van der Waals surface area contributed by atoms with Crippen molar-refractivity contribution in [3.63, 3.8) is 0 Å². The van der Waals surface area contributed by atoms with Gasteiger partial charge in [-0.1, -0.05) is 6.07 Å². The van der Waals surface area contributed by atoms with Crippen molar-refractivity contribution in [2.45, 2.75) is 6.92 Å². The van der Waals surface area contributed by atoms with E-state index in [1.54, 1.807) is 6.07 Å². The molecule has 4 nitrogen and oxygen atoms in total. The largest absolute Gasteiger partial charge is 0.465 e. The van der Waals surface area contributed by atoms with Gasteiger partial charge in [0.05, 0.1) is 25.9 Å². The smallest absolute Gasteiger partial charge is 0.338 e. The van der Waals surface area contributed by atoms with Crippen molar-refractivity contribution in [3.8, 4) is 0 Å². The molecule has 1 aliphatic rings. The molecule has 1 aromatic carbocycles. The summed E-state index contributed by atoms with van der Waals surface area (Å²) in [5, 5.41) is 0. The lowest BCUT2D eigenvalue weighted by Crippen LogP contribution is -2.36. The highest BCUT2D eigenvalue weighted by Gasteiger charge is 2.17. The van der Waals surface area contributed by atoms with Gasteiger partial charge in [0.1, 0.15) is 0 Å². The SMILES string of the molecule is COC(=O)c1cccc(N2CCOCC2)c1C. The zero-order chi connectivity index (χ0) is 12.3. The number of carbonyl (C=O) groups excluding carboxylic acids is 1. The van der Waals surface area contributed by atoms with Gasteiger partial charge in [0, 0.05) is 18.8 Å². The van der Waals surface area contributed by atoms with Crippen LogP contribution in [-0.2, 0) is 9.47 Å². The van der Waals surface area contributed by atoms with Crippen molar-refractivity contribution in [2.75, 3.05) is 38.3 Å². The van der Waals surface area contributed by atoms with E-state index in [2.05, 4.69) is 4.90 Å². The van der Waals surface area contributed by atoms with Crippen molar-refractivity contribution in [1.29, 1.82) is 0 Å². The fourth-order valence-electron chi connectivity index (χ4n) is 2.10. The molecule has 0 N–H and O–H groups in total. The van der Waals surface area contributed by atoms with E-state index in [0.29, 0.717) is 5.56 Å². The molecule has 0 unspecified atom stereocenters. The predicted molar refractivity (Wildman–Crippen MR) is 65.6 cm³/mol. The number of carbonyl (C=O) groups is 1. The average molecular weight is 235 g/mol. The Morgan fingerprint density at radius 3 is 2.71 bits per heavy atom. The number of nitrogens with zero attached hydrogens (tertiary/aromatic N) is 1. The van der Waals surface area contributed by atoms with Gasteiger partial charge in [0.25, 0.3) is 0 Å². The third-order valence-electron chi connectivity index (χ3n) is 3.06. The summed E-state index contributed by atoms with van der Waals surface area (Å²) in [6.45, 7) is 5.16. The monoisotopic (exact) mass is 235 g/mol. The Balaban J connectivity index is 2.31. The van der Waals surface area contributed by atoms with E-state index in [-0.39, 0.29) is 5.97 Å². The number of esters is 1. The molecule has 0 saturated carbocycles. The van der Waals surface area contributed by atoms with Crippen molar-refractivity contribution in [3.05, 3.63) is 29.3 Å². The fraction of sp³-hybridized carbons (Fsp3) is 0.462. The number of anilines is 1. The Labute approximate surface area is 101 Å². The van der Waals surface area contributed by atoms with E-state index in [4.69, 9.17) is 9.47 Å². The molecule has 0 spiro atoms. The van der Waals surface area contributed by atoms with Crippen LogP contribution in [0.4, 0.5) is 5.69 Å². The molecule has 0 aromatic heterocycles. The van der Waals surface area contributed by atoms with Gasteiger partial charge in [-0.3, -0.25) is 0 Å². The first-order chi connectivity index (χ1) is 8.24. The Morgan fingerprint density at radius 2 is 2.06 bits per heavy atom. The molecule has 2 rings (SSSR count). The normalized spacial score (nSPS) is 15.8. The molecule has 4 heteroatoms. The molecule has 17 heavy (non-hydrogen) atoms. The Bertz CT molecular complexity index is 411. The first kappa shape index (κ1) is 11.9. The number of hydrogen-bond acceptors (Lipinski definition) is 4. The van der Waals surface area contributed by atoms with Gasteiger partial charge in [0.2, 0.25) is 0 Å². The van der Waals surface area contributed by atoms with Gasteiger partial charge in [-0.2, -0.15) is 0 Å². The highest BCUT2D eigenvalue weighted by molar-refractivity contribution is 5.92. The van der Waals surface area contributed by atoms with Crippen LogP contribution in [0, 0.1) is 6.92 Å². The van der Waals surface area contributed by atoms with Gasteiger partial charge in [-0.15, -0.1) is 0 Å². The van der Waals surface area contributed by atoms with E-state index in [0.717, 1.165) is 37.6 Å². The number of ether oxygens (including phenoxy) is 2. The molecular formula is C13H17NO3. The third kappa shape index (κ3) is 2.42. The second-order valence-corrected chi connectivity index (χ2v) is 4.04. The van der Waals surface area contributed by atoms with Crippen LogP contribution in [0.2, 0.25) is 0 Å². The summed E-state index contributed by atoms with van der Waals surface area (Å²) >= 11 is 0. The Kier molecular flexibility index (Phi) is 3.64. The van der Waals surface area contributed by atoms with Crippen LogP contribution < -0.4 is 4.90 Å². The highest BCUT2D eigenvalue weighted by atomic mass is 16.5. The maximum atomic E-state index is 11.6. The minimum atomic E-state index is -0.280. The molecule has 1 aliphatic heterocycles. The lowest BCUT2D eigenvalue weighted by molar-refractivity contribution is 0.0600. The maximum Gasteiger partial charge on any atom is 0.338 e. The molecule has 0 aliphatic carbocycles. The summed E-state index contributed by atoms with van der Waals surface area (Å²) < 4.78 is 10.1. The molecule has 1 fully saturated rings. The molecule has 0 radical (unpaired) electrons. The molecule has 92 valence electrons. The standard InChI is InChI=1S/C13H17NO3/c1-10-11(13(15)16-2)4-3-5-12(10)14-6-8-17-9-7-14/h3-5H,6-9H2,1-2H3. The van der Waals surface area contributed by atoms with E-state index >= 15 is 0 Å². The van der Waals surface area contributed by atoms with Crippen molar-refractivity contribution in [1.82, 2.24) is 0 Å². The van der Waals surface area contributed by atoms with Crippen molar-refractivity contribution in [2.24, 2.45) is 0 Å². The molecular weight excluding hydrogens is 218 g/mol. The van der Waals surface area contributed by atoms with Gasteiger partial charge in [-0.25, -0.2) is 4.79 Å². The van der Waals surface area contributed by atoms with Crippen molar-refractivity contribution < 1.29 is 14.3 Å². The zero-order valence-electron chi connectivity index (χ0n) is 10.2. The Morgan fingerprint density at radius 1 is 1.35 bits per heavy atom. The van der Waals surface area contributed by atoms with Gasteiger partial charge < -0.3 is 14.4 Å². The number of benzene rings is 1. The molecule has 1 saturated heterocycles. The van der Waals surface area contributed by atoms with Crippen LogP contribution in [-0.4, -0.2) is 39.4 Å². The molecule has 0 atom stereocenters. The average Bonchev–Trinajstić information content (AvgIpc) is 2.39. The molecule has 1 heterocycles. The summed E-state index contributed by atoms with van der Waals surface area (Å²) in [5.74, 6) is -0.280. The minimum absolute atomic E-state index is 0.280. The van der Waals surface area contributed by atoms with E-state index in [1.807, 2.05) is 19.1 Å². The molecule has 1 aromatic rings. The summed E-state index contributed by atoms with van der Waals surface area (Å²) in [7, 11) is 1.41. The maximum absolute atomic E-state index is 11.6. The van der Waals surface area contributed by atoms with Gasteiger partial charge in [-0.05, 0) is 24.6 Å².